The molecule has 0 unspecified atom stereocenters. The predicted octanol–water partition coefficient (Wildman–Crippen LogP) is -4.70. The number of hydrogen-bond donors (Lipinski definition) is 14. The van der Waals surface area contributed by atoms with E-state index in [0.717, 1.165) is 4.90 Å². The lowest BCUT2D eigenvalue weighted by molar-refractivity contribution is -0.144. The normalized spacial score (nSPS) is 16.9. The fraction of sp³-hybridized carbons (Fsp3) is 0.717. The number of nitrogens with zero attached hydrogens (tertiary/aromatic N) is 1. The van der Waals surface area contributed by atoms with Crippen LogP contribution in [0.15, 0.2) is 0 Å². The van der Waals surface area contributed by atoms with Gasteiger partial charge in [-0.15, -0.1) is 0 Å². The molecule has 418 valence electrons. The third kappa shape index (κ3) is 22.0. The molecule has 1 aliphatic rings. The van der Waals surface area contributed by atoms with Gasteiger partial charge in [0.05, 0.1) is 19.1 Å². The van der Waals surface area contributed by atoms with Crippen LogP contribution in [-0.2, 0) is 62.3 Å². The topological polar surface area (TPSA) is 460 Å². The molecule has 0 radical (unpaired) electrons. The molecular weight excluding hydrogens is 977 g/mol. The maximum atomic E-state index is 14.2. The van der Waals surface area contributed by atoms with Gasteiger partial charge < -0.3 is 80.0 Å². The van der Waals surface area contributed by atoms with E-state index in [4.69, 9.17) is 22.3 Å². The number of carbonyl (C=O) groups excluding carboxylic acids is 11. The molecule has 0 bridgehead atoms. The van der Waals surface area contributed by atoms with Crippen LogP contribution >= 0.6 is 0 Å². The number of carboxylic acid groups (broad SMARTS) is 2. The van der Waals surface area contributed by atoms with E-state index in [1.807, 2.05) is 13.8 Å². The Balaban J connectivity index is 3.34. The third-order valence-electron chi connectivity index (χ3n) is 12.0. The molecular formula is C46H78N12O16. The van der Waals surface area contributed by atoms with E-state index < -0.39 is 175 Å². The first-order valence-electron chi connectivity index (χ1n) is 24.5. The summed E-state index contributed by atoms with van der Waals surface area (Å²) in [5.41, 5.74) is 16.5. The maximum absolute atomic E-state index is 14.2. The summed E-state index contributed by atoms with van der Waals surface area (Å²) in [5.74, 6) is -14.9. The molecule has 0 aromatic rings. The molecule has 1 aliphatic heterocycles. The van der Waals surface area contributed by atoms with Gasteiger partial charge >= 0.3 is 11.9 Å². The summed E-state index contributed by atoms with van der Waals surface area (Å²) in [6.07, 6.45) is -1.41. The Bertz CT molecular complexity index is 2040. The number of primary amides is 2. The maximum Gasteiger partial charge on any atom is 0.322 e. The zero-order valence-electron chi connectivity index (χ0n) is 43.3. The number of carboxylic acids is 2. The van der Waals surface area contributed by atoms with Crippen molar-refractivity contribution in [1.29, 1.82) is 0 Å². The Labute approximate surface area is 429 Å². The average molecular weight is 1060 g/mol. The highest BCUT2D eigenvalue weighted by atomic mass is 16.4. The Hall–Kier alpha value is -6.97. The zero-order valence-corrected chi connectivity index (χ0v) is 43.3. The monoisotopic (exact) mass is 1050 g/mol. The van der Waals surface area contributed by atoms with Crippen molar-refractivity contribution in [3.63, 3.8) is 0 Å². The minimum atomic E-state index is -1.83. The smallest absolute Gasteiger partial charge is 0.322 e. The molecule has 74 heavy (non-hydrogen) atoms. The lowest BCUT2D eigenvalue weighted by atomic mass is 9.95. The number of likely N-dealkylation sites (tertiary alicyclic amines) is 1. The number of aliphatic hydroxyl groups excluding tert-OH is 1. The molecule has 1 fully saturated rings. The quantitative estimate of drug-likeness (QED) is 0.0294. The third-order valence-corrected chi connectivity index (χ3v) is 12.0. The van der Waals surface area contributed by atoms with Crippen LogP contribution in [0.25, 0.3) is 0 Å². The van der Waals surface area contributed by atoms with E-state index in [1.54, 1.807) is 27.7 Å². The minimum Gasteiger partial charge on any atom is -0.481 e. The highest BCUT2D eigenvalue weighted by Crippen LogP contribution is 2.22. The van der Waals surface area contributed by atoms with Gasteiger partial charge in [0.2, 0.25) is 65.0 Å². The van der Waals surface area contributed by atoms with Crippen LogP contribution in [0.1, 0.15) is 113 Å². The van der Waals surface area contributed by atoms with Gasteiger partial charge in [-0.05, 0) is 55.8 Å². The van der Waals surface area contributed by atoms with E-state index in [9.17, 15) is 72.5 Å². The number of carbonyl (C=O) groups is 13. The molecule has 0 aromatic carbocycles. The summed E-state index contributed by atoms with van der Waals surface area (Å²) in [6, 6.07) is -12.8. The van der Waals surface area contributed by atoms with Crippen LogP contribution in [0.2, 0.25) is 0 Å². The van der Waals surface area contributed by atoms with Crippen LogP contribution in [0.5, 0.6) is 0 Å². The molecule has 0 spiro atoms. The van der Waals surface area contributed by atoms with Crippen LogP contribution < -0.4 is 59.7 Å². The van der Waals surface area contributed by atoms with Gasteiger partial charge in [-0.3, -0.25) is 62.3 Å². The van der Waals surface area contributed by atoms with E-state index in [-0.39, 0.29) is 51.0 Å². The predicted molar refractivity (Wildman–Crippen MR) is 262 cm³/mol. The molecule has 1 rings (SSSR count). The lowest BCUT2D eigenvalue weighted by Gasteiger charge is -2.33. The van der Waals surface area contributed by atoms with Crippen molar-refractivity contribution in [2.45, 2.75) is 168 Å². The second-order valence-corrected chi connectivity index (χ2v) is 19.4. The zero-order chi connectivity index (χ0) is 56.7. The first-order chi connectivity index (χ1) is 34.4. The number of hydrogen-bond acceptors (Lipinski definition) is 15. The van der Waals surface area contributed by atoms with Gasteiger partial charge in [0.25, 0.3) is 0 Å². The summed E-state index contributed by atoms with van der Waals surface area (Å²) in [7, 11) is 0. The average Bonchev–Trinajstić information content (AvgIpc) is 3.81. The molecule has 1 heterocycles. The van der Waals surface area contributed by atoms with Crippen LogP contribution in [0, 0.1) is 23.7 Å². The van der Waals surface area contributed by atoms with E-state index in [2.05, 4.69) is 42.5 Å². The summed E-state index contributed by atoms with van der Waals surface area (Å²) in [6.45, 7) is 11.4. The van der Waals surface area contributed by atoms with E-state index in [0.29, 0.717) is 6.42 Å². The van der Waals surface area contributed by atoms with Gasteiger partial charge in [-0.2, -0.15) is 0 Å². The Morgan fingerprint density at radius 1 is 0.581 bits per heavy atom. The summed E-state index contributed by atoms with van der Waals surface area (Å²) in [5, 5.41) is 47.9. The van der Waals surface area contributed by atoms with Crippen LogP contribution in [0.4, 0.5) is 0 Å². The SMILES string of the molecule is CC[C@H](C)[C@H](NC(=O)[C@H](CC(=O)O)NC(=O)[C@@H](NC(=O)[C@H](CCC(N)=O)NC(=O)[C@@H](N)CC(C)C)C(C)C)C(=O)N[C@H](C(=O)N1CCC[C@H]1C(=O)N[C@@H](CO)C(=O)N[C@@H](CCC(N)=O)C(=O)NCC(=O)O)C(C)C. The second kappa shape index (κ2) is 31.6. The molecule has 11 amide bonds. The molecule has 17 N–H and O–H groups in total. The van der Waals surface area contributed by atoms with Crippen molar-refractivity contribution in [2.24, 2.45) is 40.9 Å². The largest absolute Gasteiger partial charge is 0.481 e. The molecule has 0 aliphatic carbocycles. The number of amides is 11. The van der Waals surface area contributed by atoms with Crippen molar-refractivity contribution < 1.29 is 77.6 Å². The Kier molecular flexibility index (Phi) is 27.8. The minimum absolute atomic E-state index is 0.0139. The number of nitrogens with one attached hydrogen (secondary N) is 8. The van der Waals surface area contributed by atoms with Gasteiger partial charge in [0.1, 0.15) is 54.9 Å². The molecule has 0 saturated carbocycles. The van der Waals surface area contributed by atoms with Gasteiger partial charge in [-0.25, -0.2) is 0 Å². The molecule has 10 atom stereocenters. The van der Waals surface area contributed by atoms with E-state index in [1.165, 1.54) is 13.8 Å². The van der Waals surface area contributed by atoms with E-state index >= 15 is 0 Å². The first-order valence-corrected chi connectivity index (χ1v) is 24.5. The molecule has 1 saturated heterocycles. The number of aliphatic hydroxyl groups is 1. The summed E-state index contributed by atoms with van der Waals surface area (Å²) in [4.78, 5) is 169. The second-order valence-electron chi connectivity index (χ2n) is 19.4. The Morgan fingerprint density at radius 3 is 1.54 bits per heavy atom. The van der Waals surface area contributed by atoms with Crippen molar-refractivity contribution in [1.82, 2.24) is 47.4 Å². The highest BCUT2D eigenvalue weighted by Gasteiger charge is 2.42. The van der Waals surface area contributed by atoms with Crippen molar-refractivity contribution in [3.05, 3.63) is 0 Å². The Morgan fingerprint density at radius 2 is 1.05 bits per heavy atom. The van der Waals surface area contributed by atoms with Crippen LogP contribution in [0.3, 0.4) is 0 Å². The number of aliphatic carboxylic acids is 2. The first kappa shape index (κ1) is 65.0. The van der Waals surface area contributed by atoms with Crippen molar-refractivity contribution >= 4 is 76.9 Å². The van der Waals surface area contributed by atoms with Crippen molar-refractivity contribution in [2.75, 3.05) is 19.7 Å². The van der Waals surface area contributed by atoms with Gasteiger partial charge in [0.15, 0.2) is 0 Å². The molecule has 0 aromatic heterocycles. The van der Waals surface area contributed by atoms with Crippen molar-refractivity contribution in [3.8, 4) is 0 Å². The fourth-order valence-electron chi connectivity index (χ4n) is 7.65. The summed E-state index contributed by atoms with van der Waals surface area (Å²) >= 11 is 0. The van der Waals surface area contributed by atoms with Gasteiger partial charge in [-0.1, -0.05) is 61.8 Å². The number of nitrogens with two attached hydrogens (primary N) is 3. The summed E-state index contributed by atoms with van der Waals surface area (Å²) < 4.78 is 0. The highest BCUT2D eigenvalue weighted by molar-refractivity contribution is 5.99. The fourth-order valence-corrected chi connectivity index (χ4v) is 7.65. The standard InChI is InChI=1S/C46H78N12O16/c1-9-24(8)37(57-41(69)28(18-33(62)63)53-44(72)35(22(4)5)55-40(68)27(13-15-32(49)61)51-38(66)25(47)17-21(2)3)45(73)56-36(23(6)7)46(74)58-16-10-11-30(58)43(71)54-29(20-59)42(70)52-26(12-14-31(48)60)39(67)50-19-34(64)65/h21-30,35-37,59H,9-20,47H2,1-8H3,(H2,48,60)(H2,49,61)(H,50,67)(H,51,66)(H,52,70)(H,53,72)(H,54,71)(H,55,68)(H,56,73)(H,57,69)(H,62,63)(H,64,65)/t24-,25-,26-,27-,28-,29-,30-,35-,36-,37-/m0/s1. The van der Waals surface area contributed by atoms with Gasteiger partial charge in [0, 0.05) is 19.4 Å². The number of rotatable bonds is 33. The lowest BCUT2D eigenvalue weighted by Crippen LogP contribution is -2.62. The molecule has 28 nitrogen and oxygen atoms in total. The molecule has 28 heteroatoms. The van der Waals surface area contributed by atoms with Crippen LogP contribution in [-0.4, -0.2) is 171 Å².